The Hall–Kier alpha value is -2.16. The molecule has 0 aliphatic heterocycles. The van der Waals surface area contributed by atoms with Gasteiger partial charge in [0, 0.05) is 0 Å². The Labute approximate surface area is 113 Å². The van der Waals surface area contributed by atoms with E-state index in [9.17, 15) is 5.11 Å². The molecule has 3 nitrogen and oxygen atoms in total. The van der Waals surface area contributed by atoms with Crippen LogP contribution in [-0.4, -0.2) is 15.3 Å². The smallest absolute Gasteiger partial charge is 0.118 e. The summed E-state index contributed by atoms with van der Waals surface area (Å²) in [5.74, 6) is 0.751. The van der Waals surface area contributed by atoms with Crippen LogP contribution in [0.4, 0.5) is 0 Å². The Balaban J connectivity index is 0.000000200. The molecule has 2 rings (SSSR count). The molecule has 0 heterocycles. The molecule has 0 atom stereocenters. The zero-order valence-electron chi connectivity index (χ0n) is 11.3. The highest BCUT2D eigenvalue weighted by Gasteiger charge is 1.99. The summed E-state index contributed by atoms with van der Waals surface area (Å²) in [7, 11) is 0. The molecule has 0 aromatic heterocycles. The third-order valence-electron chi connectivity index (χ3n) is 2.79. The molecule has 0 unspecified atom stereocenters. The van der Waals surface area contributed by atoms with Crippen LogP contribution < -0.4 is 0 Å². The number of hydrogen-bond donors (Lipinski definition) is 3. The molecule has 0 bridgehead atoms. The standard InChI is InChI=1S/C10H14O.C6H6O2/c1-3-5-9-6-4-7-10(11)8(9)2;7-5-1-2-6(8)4-3-5/h4,6-7,11H,3,5H2,1-2H3;1-4,7-8H. The highest BCUT2D eigenvalue weighted by molar-refractivity contribution is 5.37. The summed E-state index contributed by atoms with van der Waals surface area (Å²) in [5, 5.41) is 26.6. The van der Waals surface area contributed by atoms with Crippen LogP contribution in [0.1, 0.15) is 24.5 Å². The second kappa shape index (κ2) is 7.31. The lowest BCUT2D eigenvalue weighted by Gasteiger charge is -2.04. The number of phenolic OH excluding ortho intramolecular Hbond substituents is 3. The fraction of sp³-hybridized carbons (Fsp3) is 0.250. The van der Waals surface area contributed by atoms with E-state index in [0.717, 1.165) is 18.4 Å². The number of hydrogen-bond acceptors (Lipinski definition) is 3. The Morgan fingerprint density at radius 2 is 1.37 bits per heavy atom. The third kappa shape index (κ3) is 4.92. The van der Waals surface area contributed by atoms with Gasteiger partial charge in [-0.15, -0.1) is 0 Å². The second-order valence-electron chi connectivity index (χ2n) is 4.33. The molecular formula is C16H20O3. The summed E-state index contributed by atoms with van der Waals surface area (Å²) < 4.78 is 0. The molecule has 19 heavy (non-hydrogen) atoms. The number of aromatic hydroxyl groups is 3. The highest BCUT2D eigenvalue weighted by atomic mass is 16.3. The van der Waals surface area contributed by atoms with Crippen molar-refractivity contribution in [3.63, 3.8) is 0 Å². The maximum atomic E-state index is 9.33. The minimum Gasteiger partial charge on any atom is -0.508 e. The lowest BCUT2D eigenvalue weighted by atomic mass is 10.0. The first-order chi connectivity index (χ1) is 9.04. The molecule has 2 aromatic carbocycles. The van der Waals surface area contributed by atoms with Gasteiger partial charge in [0.15, 0.2) is 0 Å². The summed E-state index contributed by atoms with van der Waals surface area (Å²) in [4.78, 5) is 0. The van der Waals surface area contributed by atoms with E-state index in [4.69, 9.17) is 10.2 Å². The van der Waals surface area contributed by atoms with E-state index >= 15 is 0 Å². The fourth-order valence-electron chi connectivity index (χ4n) is 1.66. The Morgan fingerprint density at radius 1 is 0.842 bits per heavy atom. The molecule has 0 aliphatic carbocycles. The zero-order valence-corrected chi connectivity index (χ0v) is 11.3. The summed E-state index contributed by atoms with van der Waals surface area (Å²) in [6.45, 7) is 4.10. The molecule has 0 amide bonds. The van der Waals surface area contributed by atoms with E-state index in [-0.39, 0.29) is 11.5 Å². The van der Waals surface area contributed by atoms with Crippen LogP contribution in [0.2, 0.25) is 0 Å². The van der Waals surface area contributed by atoms with Crippen molar-refractivity contribution in [1.82, 2.24) is 0 Å². The molecule has 0 aliphatic rings. The van der Waals surface area contributed by atoms with E-state index in [0.29, 0.717) is 5.75 Å². The van der Waals surface area contributed by atoms with Gasteiger partial charge < -0.3 is 15.3 Å². The summed E-state index contributed by atoms with van der Waals surface area (Å²) in [6, 6.07) is 11.4. The normalized spacial score (nSPS) is 9.58. The van der Waals surface area contributed by atoms with E-state index in [1.807, 2.05) is 13.0 Å². The lowest BCUT2D eigenvalue weighted by Crippen LogP contribution is -1.87. The Kier molecular flexibility index (Phi) is 5.73. The van der Waals surface area contributed by atoms with Crippen LogP contribution in [0.15, 0.2) is 42.5 Å². The molecule has 0 fully saturated rings. The van der Waals surface area contributed by atoms with Crippen molar-refractivity contribution >= 4 is 0 Å². The van der Waals surface area contributed by atoms with Crippen LogP contribution in [0.25, 0.3) is 0 Å². The van der Waals surface area contributed by atoms with Crippen LogP contribution in [0.5, 0.6) is 17.2 Å². The molecule has 2 aromatic rings. The monoisotopic (exact) mass is 260 g/mol. The SMILES string of the molecule is CCCc1cccc(O)c1C.Oc1ccc(O)cc1. The summed E-state index contributed by atoms with van der Waals surface area (Å²) >= 11 is 0. The predicted octanol–water partition coefficient (Wildman–Crippen LogP) is 3.75. The van der Waals surface area contributed by atoms with Gasteiger partial charge in [-0.2, -0.15) is 0 Å². The van der Waals surface area contributed by atoms with Gasteiger partial charge in [0.05, 0.1) is 0 Å². The molecule has 3 N–H and O–H groups in total. The summed E-state index contributed by atoms with van der Waals surface area (Å²) in [5.41, 5.74) is 2.28. The van der Waals surface area contributed by atoms with E-state index in [1.54, 1.807) is 6.07 Å². The first-order valence-corrected chi connectivity index (χ1v) is 6.30. The molecular weight excluding hydrogens is 240 g/mol. The second-order valence-corrected chi connectivity index (χ2v) is 4.33. The molecule has 102 valence electrons. The van der Waals surface area contributed by atoms with Gasteiger partial charge in [0.25, 0.3) is 0 Å². The quantitative estimate of drug-likeness (QED) is 0.721. The minimum absolute atomic E-state index is 0.169. The highest BCUT2D eigenvalue weighted by Crippen LogP contribution is 2.20. The van der Waals surface area contributed by atoms with Crippen molar-refractivity contribution in [3.05, 3.63) is 53.6 Å². The van der Waals surface area contributed by atoms with E-state index < -0.39 is 0 Å². The van der Waals surface area contributed by atoms with Crippen molar-refractivity contribution in [2.75, 3.05) is 0 Å². The minimum atomic E-state index is 0.169. The van der Waals surface area contributed by atoms with E-state index in [2.05, 4.69) is 13.0 Å². The number of aryl methyl sites for hydroxylation is 1. The van der Waals surface area contributed by atoms with Gasteiger partial charge in [-0.1, -0.05) is 25.5 Å². The average Bonchev–Trinajstić information content (AvgIpc) is 2.40. The molecule has 0 spiro atoms. The number of rotatable bonds is 2. The average molecular weight is 260 g/mol. The van der Waals surface area contributed by atoms with Gasteiger partial charge in [-0.3, -0.25) is 0 Å². The molecule has 0 saturated heterocycles. The van der Waals surface area contributed by atoms with Crippen molar-refractivity contribution in [1.29, 1.82) is 0 Å². The van der Waals surface area contributed by atoms with Crippen molar-refractivity contribution in [2.24, 2.45) is 0 Å². The van der Waals surface area contributed by atoms with Gasteiger partial charge >= 0.3 is 0 Å². The van der Waals surface area contributed by atoms with Gasteiger partial charge in [-0.25, -0.2) is 0 Å². The number of benzene rings is 2. The van der Waals surface area contributed by atoms with Crippen molar-refractivity contribution in [3.8, 4) is 17.2 Å². The van der Waals surface area contributed by atoms with E-state index in [1.165, 1.54) is 29.8 Å². The topological polar surface area (TPSA) is 60.7 Å². The van der Waals surface area contributed by atoms with Gasteiger partial charge in [0.2, 0.25) is 0 Å². The first kappa shape index (κ1) is 14.9. The fourth-order valence-corrected chi connectivity index (χ4v) is 1.66. The van der Waals surface area contributed by atoms with Crippen LogP contribution >= 0.6 is 0 Å². The molecule has 0 radical (unpaired) electrons. The lowest BCUT2D eigenvalue weighted by molar-refractivity contribution is 0.460. The van der Waals surface area contributed by atoms with Crippen LogP contribution in [0.3, 0.4) is 0 Å². The maximum absolute atomic E-state index is 9.33. The first-order valence-electron chi connectivity index (χ1n) is 6.30. The van der Waals surface area contributed by atoms with Crippen LogP contribution in [0, 0.1) is 6.92 Å². The van der Waals surface area contributed by atoms with Crippen molar-refractivity contribution in [2.45, 2.75) is 26.7 Å². The Bertz CT molecular complexity index is 483. The maximum Gasteiger partial charge on any atom is 0.118 e. The molecule has 0 saturated carbocycles. The summed E-state index contributed by atoms with van der Waals surface area (Å²) in [6.07, 6.45) is 2.19. The molecule has 3 heteroatoms. The van der Waals surface area contributed by atoms with Gasteiger partial charge in [0.1, 0.15) is 17.2 Å². The van der Waals surface area contributed by atoms with Crippen LogP contribution in [-0.2, 0) is 6.42 Å². The predicted molar refractivity (Wildman–Crippen MR) is 76.6 cm³/mol. The van der Waals surface area contributed by atoms with Crippen molar-refractivity contribution < 1.29 is 15.3 Å². The number of phenols is 3. The Morgan fingerprint density at radius 3 is 1.84 bits per heavy atom. The largest absolute Gasteiger partial charge is 0.508 e. The third-order valence-corrected chi connectivity index (χ3v) is 2.79. The van der Waals surface area contributed by atoms with Gasteiger partial charge in [-0.05, 0) is 54.8 Å². The zero-order chi connectivity index (χ0) is 14.3.